The Morgan fingerprint density at radius 3 is 2.25 bits per heavy atom. The van der Waals surface area contributed by atoms with Crippen molar-refractivity contribution in [2.75, 3.05) is 5.32 Å². The first-order valence-electron chi connectivity index (χ1n) is 6.66. The van der Waals surface area contributed by atoms with Crippen molar-refractivity contribution in [2.45, 2.75) is 43.0 Å². The SMILES string of the molecule is NC(=O)Nc1ccc(S(=O)(=O)NC2CCCCC2)cc1. The summed E-state index contributed by atoms with van der Waals surface area (Å²) in [6, 6.07) is 5.28. The predicted octanol–water partition coefficient (Wildman–Crippen LogP) is 1.79. The second-order valence-corrected chi connectivity index (χ2v) is 6.68. The summed E-state index contributed by atoms with van der Waals surface area (Å²) in [5.41, 5.74) is 5.46. The molecule has 6 nitrogen and oxygen atoms in total. The molecule has 0 unspecified atom stereocenters. The molecule has 1 aliphatic carbocycles. The predicted molar refractivity (Wildman–Crippen MR) is 76.8 cm³/mol. The number of hydrogen-bond donors (Lipinski definition) is 3. The molecule has 0 radical (unpaired) electrons. The van der Waals surface area contributed by atoms with E-state index in [1.165, 1.54) is 30.7 Å². The molecule has 0 atom stereocenters. The van der Waals surface area contributed by atoms with Gasteiger partial charge in [-0.2, -0.15) is 0 Å². The van der Waals surface area contributed by atoms with Crippen LogP contribution in [0.1, 0.15) is 32.1 Å². The number of hydrogen-bond acceptors (Lipinski definition) is 3. The summed E-state index contributed by atoms with van der Waals surface area (Å²) in [7, 11) is -3.50. The Morgan fingerprint density at radius 2 is 1.70 bits per heavy atom. The molecule has 7 heteroatoms. The number of sulfonamides is 1. The summed E-state index contributed by atoms with van der Waals surface area (Å²) in [5.74, 6) is 0. The third kappa shape index (κ3) is 3.94. The van der Waals surface area contributed by atoms with Gasteiger partial charge in [0, 0.05) is 11.7 Å². The molecule has 110 valence electrons. The highest BCUT2D eigenvalue weighted by molar-refractivity contribution is 7.89. The fourth-order valence-corrected chi connectivity index (χ4v) is 3.67. The molecule has 0 saturated heterocycles. The maximum absolute atomic E-state index is 12.2. The number of anilines is 1. The summed E-state index contributed by atoms with van der Waals surface area (Å²) < 4.78 is 27.2. The van der Waals surface area contributed by atoms with Crippen molar-refractivity contribution in [1.29, 1.82) is 0 Å². The smallest absolute Gasteiger partial charge is 0.316 e. The highest BCUT2D eigenvalue weighted by Crippen LogP contribution is 2.20. The van der Waals surface area contributed by atoms with Crippen molar-refractivity contribution < 1.29 is 13.2 Å². The third-order valence-corrected chi connectivity index (χ3v) is 4.90. The number of benzene rings is 1. The molecule has 1 fully saturated rings. The van der Waals surface area contributed by atoms with Gasteiger partial charge in [-0.1, -0.05) is 19.3 Å². The Labute approximate surface area is 118 Å². The summed E-state index contributed by atoms with van der Waals surface area (Å²) in [6.45, 7) is 0. The molecule has 0 bridgehead atoms. The Kier molecular flexibility index (Phi) is 4.61. The van der Waals surface area contributed by atoms with Crippen LogP contribution in [0.25, 0.3) is 0 Å². The number of carbonyl (C=O) groups is 1. The first-order chi connectivity index (χ1) is 9.47. The van der Waals surface area contributed by atoms with Crippen LogP contribution in [-0.2, 0) is 10.0 Å². The quantitative estimate of drug-likeness (QED) is 0.789. The molecule has 1 aromatic carbocycles. The van der Waals surface area contributed by atoms with E-state index in [2.05, 4.69) is 10.0 Å². The molecular weight excluding hydrogens is 278 g/mol. The second kappa shape index (κ2) is 6.23. The zero-order chi connectivity index (χ0) is 14.6. The van der Waals surface area contributed by atoms with Gasteiger partial charge in [0.1, 0.15) is 0 Å². The molecule has 0 spiro atoms. The zero-order valence-electron chi connectivity index (χ0n) is 11.1. The summed E-state index contributed by atoms with van der Waals surface area (Å²) in [5, 5.41) is 2.39. The van der Waals surface area contributed by atoms with Gasteiger partial charge in [-0.05, 0) is 37.1 Å². The van der Waals surface area contributed by atoms with Gasteiger partial charge >= 0.3 is 6.03 Å². The van der Waals surface area contributed by atoms with E-state index in [1.54, 1.807) is 0 Å². The standard InChI is InChI=1S/C13H19N3O3S/c14-13(17)15-10-6-8-12(9-7-10)20(18,19)16-11-4-2-1-3-5-11/h6-9,11,16H,1-5H2,(H3,14,15,17). The van der Waals surface area contributed by atoms with E-state index in [0.717, 1.165) is 25.7 Å². The number of nitrogens with two attached hydrogens (primary N) is 1. The third-order valence-electron chi connectivity index (χ3n) is 3.36. The molecular formula is C13H19N3O3S. The number of primary amides is 1. The first-order valence-corrected chi connectivity index (χ1v) is 8.14. The summed E-state index contributed by atoms with van der Waals surface area (Å²) in [4.78, 5) is 10.9. The van der Waals surface area contributed by atoms with E-state index in [1.807, 2.05) is 0 Å². The zero-order valence-corrected chi connectivity index (χ0v) is 11.9. The molecule has 0 aliphatic heterocycles. The number of carbonyl (C=O) groups excluding carboxylic acids is 1. The van der Waals surface area contributed by atoms with Crippen LogP contribution in [0, 0.1) is 0 Å². The lowest BCUT2D eigenvalue weighted by Crippen LogP contribution is -2.36. The maximum atomic E-state index is 12.2. The molecule has 2 rings (SSSR count). The van der Waals surface area contributed by atoms with Crippen LogP contribution < -0.4 is 15.8 Å². The van der Waals surface area contributed by atoms with Crippen LogP contribution in [0.3, 0.4) is 0 Å². The number of nitrogens with one attached hydrogen (secondary N) is 2. The molecule has 1 aromatic rings. The lowest BCUT2D eigenvalue weighted by molar-refractivity contribution is 0.259. The molecule has 20 heavy (non-hydrogen) atoms. The lowest BCUT2D eigenvalue weighted by Gasteiger charge is -2.22. The van der Waals surface area contributed by atoms with Crippen molar-refractivity contribution in [3.8, 4) is 0 Å². The van der Waals surface area contributed by atoms with Gasteiger partial charge in [0.2, 0.25) is 10.0 Å². The lowest BCUT2D eigenvalue weighted by atomic mass is 9.96. The van der Waals surface area contributed by atoms with Crippen molar-refractivity contribution in [2.24, 2.45) is 5.73 Å². The van der Waals surface area contributed by atoms with Gasteiger partial charge in [0.15, 0.2) is 0 Å². The topological polar surface area (TPSA) is 101 Å². The highest BCUT2D eigenvalue weighted by atomic mass is 32.2. The average Bonchev–Trinajstić information content (AvgIpc) is 2.39. The van der Waals surface area contributed by atoms with Gasteiger partial charge in [-0.15, -0.1) is 0 Å². The van der Waals surface area contributed by atoms with E-state index in [9.17, 15) is 13.2 Å². The first kappa shape index (κ1) is 14.8. The van der Waals surface area contributed by atoms with Crippen molar-refractivity contribution in [3.63, 3.8) is 0 Å². The number of amides is 2. The molecule has 1 aliphatic rings. The highest BCUT2D eigenvalue weighted by Gasteiger charge is 2.21. The van der Waals surface area contributed by atoms with Gasteiger partial charge in [0.05, 0.1) is 4.90 Å². The van der Waals surface area contributed by atoms with E-state index in [0.29, 0.717) is 5.69 Å². The summed E-state index contributed by atoms with van der Waals surface area (Å²) in [6.07, 6.45) is 5.08. The minimum Gasteiger partial charge on any atom is -0.351 e. The Hall–Kier alpha value is -1.60. The fraction of sp³-hybridized carbons (Fsp3) is 0.462. The Bertz CT molecular complexity index is 563. The normalized spacial score (nSPS) is 16.8. The van der Waals surface area contributed by atoms with Crippen LogP contribution >= 0.6 is 0 Å². The number of urea groups is 1. The van der Waals surface area contributed by atoms with Gasteiger partial charge in [0.25, 0.3) is 0 Å². The largest absolute Gasteiger partial charge is 0.351 e. The van der Waals surface area contributed by atoms with Crippen molar-refractivity contribution >= 4 is 21.7 Å². The molecule has 4 N–H and O–H groups in total. The van der Waals surface area contributed by atoms with Crippen molar-refractivity contribution in [3.05, 3.63) is 24.3 Å². The second-order valence-electron chi connectivity index (χ2n) is 4.97. The van der Waals surface area contributed by atoms with Gasteiger partial charge in [-0.3, -0.25) is 0 Å². The summed E-state index contributed by atoms with van der Waals surface area (Å²) >= 11 is 0. The van der Waals surface area contributed by atoms with E-state index < -0.39 is 16.1 Å². The Morgan fingerprint density at radius 1 is 1.10 bits per heavy atom. The van der Waals surface area contributed by atoms with E-state index in [4.69, 9.17) is 5.73 Å². The average molecular weight is 297 g/mol. The number of rotatable bonds is 4. The molecule has 0 aromatic heterocycles. The minimum atomic E-state index is -3.50. The van der Waals surface area contributed by atoms with Crippen molar-refractivity contribution in [1.82, 2.24) is 4.72 Å². The van der Waals surface area contributed by atoms with E-state index in [-0.39, 0.29) is 10.9 Å². The van der Waals surface area contributed by atoms with Gasteiger partial charge < -0.3 is 11.1 Å². The molecule has 1 saturated carbocycles. The monoisotopic (exact) mass is 297 g/mol. The molecule has 0 heterocycles. The molecule has 2 amide bonds. The fourth-order valence-electron chi connectivity index (χ4n) is 2.37. The minimum absolute atomic E-state index is 0.0252. The van der Waals surface area contributed by atoms with Crippen LogP contribution in [0.4, 0.5) is 10.5 Å². The van der Waals surface area contributed by atoms with Crippen LogP contribution in [0.15, 0.2) is 29.2 Å². The Balaban J connectivity index is 2.06. The van der Waals surface area contributed by atoms with Crippen LogP contribution in [0.5, 0.6) is 0 Å². The maximum Gasteiger partial charge on any atom is 0.316 e. The van der Waals surface area contributed by atoms with Gasteiger partial charge in [-0.25, -0.2) is 17.9 Å². The van der Waals surface area contributed by atoms with Crippen LogP contribution in [-0.4, -0.2) is 20.5 Å². The van der Waals surface area contributed by atoms with E-state index >= 15 is 0 Å². The van der Waals surface area contributed by atoms with Crippen LogP contribution in [0.2, 0.25) is 0 Å².